The first kappa shape index (κ1) is 14.5. The lowest BCUT2D eigenvalue weighted by molar-refractivity contribution is 0.0520. The molecule has 0 amide bonds. The smallest absolute Gasteiger partial charge is 0.341 e. The Morgan fingerprint density at radius 2 is 2.00 bits per heavy atom. The molecule has 3 nitrogen and oxygen atoms in total. The van der Waals surface area contributed by atoms with Crippen molar-refractivity contribution >= 4 is 37.8 Å². The number of benzene rings is 1. The Kier molecular flexibility index (Phi) is 5.46. The fourth-order valence-corrected chi connectivity index (χ4v) is 2.60. The predicted molar refractivity (Wildman–Crippen MR) is 73.6 cm³/mol. The van der Waals surface area contributed by atoms with Crippen LogP contribution >= 0.6 is 31.9 Å². The van der Waals surface area contributed by atoms with Crippen LogP contribution in [0.5, 0.6) is 5.75 Å². The fraction of sp³-hybridized carbons (Fsp3) is 0.417. The van der Waals surface area contributed by atoms with Gasteiger partial charge in [-0.05, 0) is 48.8 Å². The number of ether oxygens (including phenoxy) is 2. The van der Waals surface area contributed by atoms with E-state index in [9.17, 15) is 4.79 Å². The van der Waals surface area contributed by atoms with Gasteiger partial charge in [0.25, 0.3) is 0 Å². The molecular weight excluding hydrogens is 352 g/mol. The Morgan fingerprint density at radius 1 is 1.35 bits per heavy atom. The number of carbonyl (C=O) groups excluding carboxylic acids is 1. The molecule has 17 heavy (non-hydrogen) atoms. The Balaban J connectivity index is 3.19. The summed E-state index contributed by atoms with van der Waals surface area (Å²) in [5.74, 6) is 0.131. The van der Waals surface area contributed by atoms with Crippen molar-refractivity contribution in [2.75, 3.05) is 6.61 Å². The van der Waals surface area contributed by atoms with E-state index >= 15 is 0 Å². The number of rotatable bonds is 4. The zero-order valence-electron chi connectivity index (χ0n) is 9.92. The molecule has 0 radical (unpaired) electrons. The number of esters is 1. The fourth-order valence-electron chi connectivity index (χ4n) is 1.28. The number of hydrogen-bond acceptors (Lipinski definition) is 3. The molecule has 0 aliphatic rings. The average Bonchev–Trinajstić information content (AvgIpc) is 2.21. The van der Waals surface area contributed by atoms with E-state index in [1.807, 2.05) is 19.9 Å². The van der Waals surface area contributed by atoms with Crippen LogP contribution in [0.3, 0.4) is 0 Å². The van der Waals surface area contributed by atoms with Crippen molar-refractivity contribution in [3.8, 4) is 5.75 Å². The first-order valence-electron chi connectivity index (χ1n) is 5.28. The molecule has 5 heteroatoms. The highest BCUT2D eigenvalue weighted by Crippen LogP contribution is 2.34. The van der Waals surface area contributed by atoms with E-state index in [-0.39, 0.29) is 12.1 Å². The molecule has 0 spiro atoms. The molecule has 0 bridgehead atoms. The van der Waals surface area contributed by atoms with Gasteiger partial charge in [-0.25, -0.2) is 4.79 Å². The summed E-state index contributed by atoms with van der Waals surface area (Å²) in [6.45, 7) is 5.92. The van der Waals surface area contributed by atoms with E-state index in [1.54, 1.807) is 13.0 Å². The van der Waals surface area contributed by atoms with Crippen molar-refractivity contribution in [2.24, 2.45) is 0 Å². The van der Waals surface area contributed by atoms with Crippen LogP contribution in [0.25, 0.3) is 0 Å². The Morgan fingerprint density at radius 3 is 2.53 bits per heavy atom. The van der Waals surface area contributed by atoms with Gasteiger partial charge in [0.2, 0.25) is 0 Å². The third-order valence-electron chi connectivity index (χ3n) is 1.86. The van der Waals surface area contributed by atoms with Gasteiger partial charge in [0.1, 0.15) is 11.3 Å². The summed E-state index contributed by atoms with van der Waals surface area (Å²) in [7, 11) is 0. The SMILES string of the molecule is CCOC(=O)c1cc(Br)cc(Br)c1OC(C)C. The maximum absolute atomic E-state index is 11.8. The lowest BCUT2D eigenvalue weighted by atomic mass is 10.2. The molecule has 0 saturated carbocycles. The summed E-state index contributed by atoms with van der Waals surface area (Å²) in [5, 5.41) is 0. The molecule has 0 aliphatic heterocycles. The lowest BCUT2D eigenvalue weighted by Crippen LogP contribution is -2.12. The second kappa shape index (κ2) is 6.40. The standard InChI is InChI=1S/C12H14Br2O3/c1-4-16-12(15)9-5-8(13)6-10(14)11(9)17-7(2)3/h5-7H,4H2,1-3H3. The second-order valence-corrected chi connectivity index (χ2v) is 5.42. The van der Waals surface area contributed by atoms with Crippen molar-refractivity contribution in [1.82, 2.24) is 0 Å². The van der Waals surface area contributed by atoms with Gasteiger partial charge in [-0.3, -0.25) is 0 Å². The average molecular weight is 366 g/mol. The van der Waals surface area contributed by atoms with Crippen LogP contribution < -0.4 is 4.74 Å². The number of carbonyl (C=O) groups is 1. The van der Waals surface area contributed by atoms with E-state index < -0.39 is 0 Å². The molecule has 0 aliphatic carbocycles. The third kappa shape index (κ3) is 4.00. The van der Waals surface area contributed by atoms with Crippen molar-refractivity contribution in [1.29, 1.82) is 0 Å². The molecule has 1 aromatic rings. The highest BCUT2D eigenvalue weighted by Gasteiger charge is 2.18. The Labute approximate surface area is 118 Å². The molecule has 0 unspecified atom stereocenters. The van der Waals surface area contributed by atoms with Crippen LogP contribution in [0, 0.1) is 0 Å². The highest BCUT2D eigenvalue weighted by atomic mass is 79.9. The minimum Gasteiger partial charge on any atom is -0.489 e. The van der Waals surface area contributed by atoms with E-state index in [1.165, 1.54) is 0 Å². The molecular formula is C12H14Br2O3. The largest absolute Gasteiger partial charge is 0.489 e. The summed E-state index contributed by atoms with van der Waals surface area (Å²) in [4.78, 5) is 11.8. The zero-order valence-corrected chi connectivity index (χ0v) is 13.1. The van der Waals surface area contributed by atoms with Crippen molar-refractivity contribution < 1.29 is 14.3 Å². The third-order valence-corrected chi connectivity index (χ3v) is 2.90. The second-order valence-electron chi connectivity index (χ2n) is 3.65. The van der Waals surface area contributed by atoms with E-state index in [4.69, 9.17) is 9.47 Å². The summed E-state index contributed by atoms with van der Waals surface area (Å²) < 4.78 is 12.2. The minimum atomic E-state index is -0.384. The Bertz CT molecular complexity index is 416. The van der Waals surface area contributed by atoms with E-state index in [0.717, 1.165) is 8.95 Å². The van der Waals surface area contributed by atoms with Crippen LogP contribution in [-0.2, 0) is 4.74 Å². The van der Waals surface area contributed by atoms with E-state index in [0.29, 0.717) is 17.9 Å². The predicted octanol–water partition coefficient (Wildman–Crippen LogP) is 4.18. The van der Waals surface area contributed by atoms with Crippen LogP contribution in [-0.4, -0.2) is 18.7 Å². The summed E-state index contributed by atoms with van der Waals surface area (Å²) in [6, 6.07) is 3.53. The van der Waals surface area contributed by atoms with Gasteiger partial charge in [-0.2, -0.15) is 0 Å². The van der Waals surface area contributed by atoms with Gasteiger partial charge in [0.05, 0.1) is 17.2 Å². The van der Waals surface area contributed by atoms with E-state index in [2.05, 4.69) is 31.9 Å². The number of halogens is 2. The maximum atomic E-state index is 11.8. The summed E-state index contributed by atoms with van der Waals surface area (Å²) in [6.07, 6.45) is -0.0133. The number of hydrogen-bond donors (Lipinski definition) is 0. The van der Waals surface area contributed by atoms with Gasteiger partial charge in [-0.15, -0.1) is 0 Å². The molecule has 1 aromatic carbocycles. The normalized spacial score (nSPS) is 10.5. The van der Waals surface area contributed by atoms with Gasteiger partial charge in [0.15, 0.2) is 0 Å². The quantitative estimate of drug-likeness (QED) is 0.751. The first-order valence-corrected chi connectivity index (χ1v) is 6.87. The van der Waals surface area contributed by atoms with Crippen molar-refractivity contribution in [3.05, 3.63) is 26.6 Å². The molecule has 0 heterocycles. The van der Waals surface area contributed by atoms with Gasteiger partial charge in [0, 0.05) is 4.47 Å². The molecule has 0 aromatic heterocycles. The maximum Gasteiger partial charge on any atom is 0.341 e. The molecule has 0 saturated heterocycles. The van der Waals surface area contributed by atoms with Crippen molar-refractivity contribution in [3.63, 3.8) is 0 Å². The highest BCUT2D eigenvalue weighted by molar-refractivity contribution is 9.11. The molecule has 0 fully saturated rings. The molecule has 1 rings (SSSR count). The van der Waals surface area contributed by atoms with Gasteiger partial charge < -0.3 is 9.47 Å². The zero-order chi connectivity index (χ0) is 13.0. The first-order chi connectivity index (χ1) is 7.95. The van der Waals surface area contributed by atoms with Gasteiger partial charge in [-0.1, -0.05) is 15.9 Å². The van der Waals surface area contributed by atoms with Crippen LogP contribution in [0.15, 0.2) is 21.1 Å². The van der Waals surface area contributed by atoms with Crippen LogP contribution in [0.2, 0.25) is 0 Å². The summed E-state index contributed by atoms with van der Waals surface area (Å²) in [5.41, 5.74) is 0.418. The molecule has 0 N–H and O–H groups in total. The van der Waals surface area contributed by atoms with Crippen LogP contribution in [0.1, 0.15) is 31.1 Å². The van der Waals surface area contributed by atoms with Gasteiger partial charge >= 0.3 is 5.97 Å². The van der Waals surface area contributed by atoms with Crippen molar-refractivity contribution in [2.45, 2.75) is 26.9 Å². The monoisotopic (exact) mass is 364 g/mol. The van der Waals surface area contributed by atoms with Crippen LogP contribution in [0.4, 0.5) is 0 Å². The minimum absolute atomic E-state index is 0.0133. The molecule has 0 atom stereocenters. The lowest BCUT2D eigenvalue weighted by Gasteiger charge is -2.15. The molecule has 94 valence electrons. The topological polar surface area (TPSA) is 35.5 Å². The Hall–Kier alpha value is -0.550. The summed E-state index contributed by atoms with van der Waals surface area (Å²) >= 11 is 6.72.